The molecule has 6 nitrogen and oxygen atoms in total. The van der Waals surface area contributed by atoms with Crippen molar-refractivity contribution in [1.82, 2.24) is 19.8 Å². The van der Waals surface area contributed by atoms with E-state index >= 15 is 0 Å². The first kappa shape index (κ1) is 20.3. The van der Waals surface area contributed by atoms with Crippen LogP contribution in [0.25, 0.3) is 0 Å². The Morgan fingerprint density at radius 1 is 1.25 bits per heavy atom. The first-order valence-corrected chi connectivity index (χ1v) is 10.3. The minimum atomic E-state index is 0.226. The summed E-state index contributed by atoms with van der Waals surface area (Å²) in [6.45, 7) is 9.99. The lowest BCUT2D eigenvalue weighted by molar-refractivity contribution is -0.132. The Balaban J connectivity index is 1.59. The van der Waals surface area contributed by atoms with Crippen LogP contribution in [0.3, 0.4) is 0 Å². The quantitative estimate of drug-likeness (QED) is 0.794. The zero-order chi connectivity index (χ0) is 19.9. The number of piperidine rings is 1. The normalized spacial score (nSPS) is 17.3. The van der Waals surface area contributed by atoms with Gasteiger partial charge in [0.25, 0.3) is 0 Å². The van der Waals surface area contributed by atoms with Gasteiger partial charge in [-0.3, -0.25) is 14.7 Å². The minimum Gasteiger partial charge on any atom is -0.342 e. The first-order valence-electron chi connectivity index (χ1n) is 10.3. The van der Waals surface area contributed by atoms with Crippen LogP contribution >= 0.6 is 0 Å². The van der Waals surface area contributed by atoms with Gasteiger partial charge in [-0.25, -0.2) is 4.98 Å². The molecule has 0 bridgehead atoms. The van der Waals surface area contributed by atoms with Crippen molar-refractivity contribution in [2.45, 2.75) is 39.5 Å². The highest BCUT2D eigenvalue weighted by Crippen LogP contribution is 2.26. The van der Waals surface area contributed by atoms with Crippen LogP contribution in [0.1, 0.15) is 44.0 Å². The van der Waals surface area contributed by atoms with Crippen molar-refractivity contribution >= 4 is 17.4 Å². The van der Waals surface area contributed by atoms with Crippen molar-refractivity contribution in [3.05, 3.63) is 47.9 Å². The molecule has 2 aromatic rings. The molecule has 1 fully saturated rings. The summed E-state index contributed by atoms with van der Waals surface area (Å²) in [5.74, 6) is 1.43. The molecule has 150 valence electrons. The number of amides is 1. The molecule has 1 aliphatic heterocycles. The van der Waals surface area contributed by atoms with Crippen LogP contribution < -0.4 is 5.32 Å². The van der Waals surface area contributed by atoms with E-state index in [1.165, 1.54) is 0 Å². The van der Waals surface area contributed by atoms with Gasteiger partial charge in [-0.2, -0.15) is 0 Å². The number of likely N-dealkylation sites (N-methyl/N-ethyl adjacent to an activating group) is 1. The zero-order valence-corrected chi connectivity index (χ0v) is 17.2. The summed E-state index contributed by atoms with van der Waals surface area (Å²) in [5, 5.41) is 3.30. The molecule has 2 aromatic heterocycles. The summed E-state index contributed by atoms with van der Waals surface area (Å²) in [6.07, 6.45) is 4.10. The van der Waals surface area contributed by atoms with Crippen LogP contribution in [0.15, 0.2) is 36.5 Å². The van der Waals surface area contributed by atoms with E-state index in [1.54, 1.807) is 0 Å². The standard InChI is InChI=1S/C22H31N5O/c1-4-27(5-2)22(28)16-26-13-7-9-18(15-26)20-12-11-19(14-23-20)25-21-10-6-8-17(3)24-21/h6,8,10-12,14,18H,4-5,7,9,13,15-16H2,1-3H3,(H,24,25)/t18-/m1/s1. The number of hydrogen-bond acceptors (Lipinski definition) is 5. The number of hydrogen-bond donors (Lipinski definition) is 1. The Labute approximate surface area is 168 Å². The van der Waals surface area contributed by atoms with Crippen LogP contribution in [0.5, 0.6) is 0 Å². The fraction of sp³-hybridized carbons (Fsp3) is 0.500. The third kappa shape index (κ3) is 5.29. The molecule has 0 spiro atoms. The van der Waals surface area contributed by atoms with Crippen molar-refractivity contribution in [1.29, 1.82) is 0 Å². The maximum absolute atomic E-state index is 12.4. The number of anilines is 2. The number of likely N-dealkylation sites (tertiary alicyclic amines) is 1. The molecule has 0 unspecified atom stereocenters. The number of aryl methyl sites for hydroxylation is 1. The van der Waals surface area contributed by atoms with Crippen molar-refractivity contribution in [2.75, 3.05) is 38.0 Å². The van der Waals surface area contributed by atoms with Crippen molar-refractivity contribution < 1.29 is 4.79 Å². The molecule has 1 atom stereocenters. The predicted octanol–water partition coefficient (Wildman–Crippen LogP) is 3.58. The van der Waals surface area contributed by atoms with Gasteiger partial charge in [0.05, 0.1) is 18.4 Å². The topological polar surface area (TPSA) is 61.4 Å². The van der Waals surface area contributed by atoms with Gasteiger partial charge in [-0.15, -0.1) is 0 Å². The van der Waals surface area contributed by atoms with Crippen molar-refractivity contribution in [3.63, 3.8) is 0 Å². The molecule has 0 aliphatic carbocycles. The third-order valence-electron chi connectivity index (χ3n) is 5.35. The highest BCUT2D eigenvalue weighted by molar-refractivity contribution is 5.78. The Kier molecular flexibility index (Phi) is 6.98. The van der Waals surface area contributed by atoms with E-state index in [0.717, 1.165) is 61.9 Å². The smallest absolute Gasteiger partial charge is 0.236 e. The highest BCUT2D eigenvalue weighted by Gasteiger charge is 2.24. The summed E-state index contributed by atoms with van der Waals surface area (Å²) in [6, 6.07) is 10.1. The summed E-state index contributed by atoms with van der Waals surface area (Å²) in [4.78, 5) is 25.7. The van der Waals surface area contributed by atoms with E-state index < -0.39 is 0 Å². The average molecular weight is 382 g/mol. The van der Waals surface area contributed by atoms with E-state index in [-0.39, 0.29) is 5.91 Å². The fourth-order valence-corrected chi connectivity index (χ4v) is 3.79. The molecule has 3 rings (SSSR count). The molecule has 0 radical (unpaired) electrons. The monoisotopic (exact) mass is 381 g/mol. The van der Waals surface area contributed by atoms with Gasteiger partial charge in [-0.05, 0) is 64.4 Å². The molecule has 1 N–H and O–H groups in total. The van der Waals surface area contributed by atoms with E-state index in [0.29, 0.717) is 12.5 Å². The molecular weight excluding hydrogens is 350 g/mol. The lowest BCUT2D eigenvalue weighted by Gasteiger charge is -2.33. The lowest BCUT2D eigenvalue weighted by Crippen LogP contribution is -2.43. The van der Waals surface area contributed by atoms with Gasteiger partial charge >= 0.3 is 0 Å². The minimum absolute atomic E-state index is 0.226. The molecule has 6 heteroatoms. The molecular formula is C22H31N5O. The Hall–Kier alpha value is -2.47. The summed E-state index contributed by atoms with van der Waals surface area (Å²) < 4.78 is 0. The highest BCUT2D eigenvalue weighted by atomic mass is 16.2. The predicted molar refractivity (Wildman–Crippen MR) is 113 cm³/mol. The maximum Gasteiger partial charge on any atom is 0.236 e. The van der Waals surface area contributed by atoms with Gasteiger partial charge in [0, 0.05) is 36.9 Å². The van der Waals surface area contributed by atoms with E-state index in [1.807, 2.05) is 50.1 Å². The largest absolute Gasteiger partial charge is 0.342 e. The molecule has 28 heavy (non-hydrogen) atoms. The molecule has 1 amide bonds. The number of carbonyl (C=O) groups is 1. The summed E-state index contributed by atoms with van der Waals surface area (Å²) >= 11 is 0. The second-order valence-corrected chi connectivity index (χ2v) is 7.40. The number of aromatic nitrogens is 2. The van der Waals surface area contributed by atoms with Crippen LogP contribution in [-0.4, -0.2) is 58.4 Å². The second kappa shape index (κ2) is 9.64. The Morgan fingerprint density at radius 2 is 2.07 bits per heavy atom. The van der Waals surface area contributed by atoms with Gasteiger partial charge in [0.1, 0.15) is 5.82 Å². The number of carbonyl (C=O) groups excluding carboxylic acids is 1. The molecule has 0 aromatic carbocycles. The first-order chi connectivity index (χ1) is 13.6. The zero-order valence-electron chi connectivity index (χ0n) is 17.2. The van der Waals surface area contributed by atoms with Gasteiger partial charge in [0.15, 0.2) is 0 Å². The second-order valence-electron chi connectivity index (χ2n) is 7.40. The van der Waals surface area contributed by atoms with Crippen LogP contribution in [0.2, 0.25) is 0 Å². The summed E-state index contributed by atoms with van der Waals surface area (Å²) in [7, 11) is 0. The summed E-state index contributed by atoms with van der Waals surface area (Å²) in [5.41, 5.74) is 3.02. The van der Waals surface area contributed by atoms with Crippen LogP contribution in [0, 0.1) is 6.92 Å². The van der Waals surface area contributed by atoms with Crippen molar-refractivity contribution in [2.24, 2.45) is 0 Å². The van der Waals surface area contributed by atoms with E-state index in [2.05, 4.69) is 32.3 Å². The Bertz CT molecular complexity index is 773. The van der Waals surface area contributed by atoms with Gasteiger partial charge in [0.2, 0.25) is 5.91 Å². The number of nitrogens with zero attached hydrogens (tertiary/aromatic N) is 4. The van der Waals surface area contributed by atoms with Crippen LogP contribution in [0.4, 0.5) is 11.5 Å². The third-order valence-corrected chi connectivity index (χ3v) is 5.35. The van der Waals surface area contributed by atoms with Crippen LogP contribution in [-0.2, 0) is 4.79 Å². The SMILES string of the molecule is CCN(CC)C(=O)CN1CCC[C@@H](c2ccc(Nc3cccc(C)n3)cn2)C1. The maximum atomic E-state index is 12.4. The lowest BCUT2D eigenvalue weighted by atomic mass is 9.94. The van der Waals surface area contributed by atoms with E-state index in [9.17, 15) is 4.79 Å². The molecule has 3 heterocycles. The number of pyridine rings is 2. The van der Waals surface area contributed by atoms with Crippen molar-refractivity contribution in [3.8, 4) is 0 Å². The number of nitrogens with one attached hydrogen (secondary N) is 1. The number of rotatable bonds is 7. The van der Waals surface area contributed by atoms with E-state index in [4.69, 9.17) is 0 Å². The Morgan fingerprint density at radius 3 is 2.75 bits per heavy atom. The van der Waals surface area contributed by atoms with Gasteiger partial charge < -0.3 is 10.2 Å². The molecule has 1 aliphatic rings. The average Bonchev–Trinajstić information content (AvgIpc) is 2.70. The molecule has 0 saturated carbocycles. The fourth-order valence-electron chi connectivity index (χ4n) is 3.79. The molecule has 1 saturated heterocycles. The van der Waals surface area contributed by atoms with Gasteiger partial charge in [-0.1, -0.05) is 6.07 Å².